The van der Waals surface area contributed by atoms with Gasteiger partial charge in [-0.1, -0.05) is 18.6 Å². The Morgan fingerprint density at radius 3 is 2.94 bits per heavy atom. The van der Waals surface area contributed by atoms with Crippen LogP contribution in [0.15, 0.2) is 18.2 Å². The summed E-state index contributed by atoms with van der Waals surface area (Å²) in [6.45, 7) is 2.06. The Balaban J connectivity index is 1.98. The Morgan fingerprint density at radius 1 is 1.39 bits per heavy atom. The fourth-order valence-corrected chi connectivity index (χ4v) is 3.05. The van der Waals surface area contributed by atoms with Gasteiger partial charge in [0.1, 0.15) is 5.82 Å². The maximum absolute atomic E-state index is 13.7. The Labute approximate surface area is 110 Å². The summed E-state index contributed by atoms with van der Waals surface area (Å²) in [6, 6.07) is 5.43. The van der Waals surface area contributed by atoms with E-state index in [-0.39, 0.29) is 18.5 Å². The lowest BCUT2D eigenvalue weighted by Gasteiger charge is -2.34. The molecule has 1 fully saturated rings. The summed E-state index contributed by atoms with van der Waals surface area (Å²) in [5, 5.41) is 10.3. The number of aliphatic hydroxyl groups excluding tert-OH is 1. The number of rotatable bonds is 4. The molecule has 0 saturated carbocycles. The Hall–Kier alpha value is -0.500. The standard InChI is InChI=1S/C14H21FNOP/c15-13-5-3-6-14(18)12(13)7-9-16-8-2-1-4-11(16)10-17/h3,5-6,11,17H,1-2,4,7-10,18H2/t11-/m0/s1. The minimum Gasteiger partial charge on any atom is -0.395 e. The quantitative estimate of drug-likeness (QED) is 0.841. The third kappa shape index (κ3) is 3.28. The van der Waals surface area contributed by atoms with Crippen molar-refractivity contribution in [1.29, 1.82) is 0 Å². The maximum Gasteiger partial charge on any atom is 0.127 e. The van der Waals surface area contributed by atoms with Crippen LogP contribution in [0.5, 0.6) is 0 Å². The Bertz CT molecular complexity index is 379. The SMILES string of the molecule is OC[C@@H]1CCCCN1CCc1c(F)cccc1P. The fraction of sp³-hybridized carbons (Fsp3) is 0.571. The summed E-state index contributed by atoms with van der Waals surface area (Å²) >= 11 is 0. The molecule has 1 aliphatic heterocycles. The molecule has 0 bridgehead atoms. The molecule has 1 aliphatic rings. The van der Waals surface area contributed by atoms with E-state index in [1.54, 1.807) is 6.07 Å². The molecule has 4 heteroatoms. The number of hydrogen-bond donors (Lipinski definition) is 1. The van der Waals surface area contributed by atoms with E-state index in [1.807, 2.05) is 6.07 Å². The number of likely N-dealkylation sites (tertiary alicyclic amines) is 1. The first kappa shape index (κ1) is 13.9. The summed E-state index contributed by atoms with van der Waals surface area (Å²) in [7, 11) is 2.60. The normalized spacial score (nSPS) is 21.2. The summed E-state index contributed by atoms with van der Waals surface area (Å²) in [6.07, 6.45) is 4.14. The van der Waals surface area contributed by atoms with Gasteiger partial charge in [0.2, 0.25) is 0 Å². The van der Waals surface area contributed by atoms with Crippen molar-refractivity contribution in [2.24, 2.45) is 0 Å². The zero-order chi connectivity index (χ0) is 13.0. The fourth-order valence-electron chi connectivity index (χ4n) is 2.66. The van der Waals surface area contributed by atoms with Crippen LogP contribution in [0, 0.1) is 5.82 Å². The van der Waals surface area contributed by atoms with Crippen molar-refractivity contribution in [3.63, 3.8) is 0 Å². The minimum atomic E-state index is -0.125. The van der Waals surface area contributed by atoms with Gasteiger partial charge in [-0.2, -0.15) is 0 Å². The van der Waals surface area contributed by atoms with E-state index < -0.39 is 0 Å². The van der Waals surface area contributed by atoms with Crippen molar-refractivity contribution in [3.05, 3.63) is 29.6 Å². The average Bonchev–Trinajstić information content (AvgIpc) is 2.38. The highest BCUT2D eigenvalue weighted by atomic mass is 31.0. The molecule has 1 saturated heterocycles. The highest BCUT2D eigenvalue weighted by molar-refractivity contribution is 7.27. The van der Waals surface area contributed by atoms with Crippen LogP contribution in [0.2, 0.25) is 0 Å². The molecule has 0 aliphatic carbocycles. The van der Waals surface area contributed by atoms with Crippen LogP contribution >= 0.6 is 9.24 Å². The zero-order valence-electron chi connectivity index (χ0n) is 10.6. The molecule has 2 nitrogen and oxygen atoms in total. The van der Waals surface area contributed by atoms with Crippen LogP contribution in [0.25, 0.3) is 0 Å². The van der Waals surface area contributed by atoms with Crippen molar-refractivity contribution >= 4 is 14.5 Å². The van der Waals surface area contributed by atoms with Crippen molar-refractivity contribution in [2.75, 3.05) is 19.7 Å². The van der Waals surface area contributed by atoms with Crippen molar-refractivity contribution < 1.29 is 9.50 Å². The molecule has 1 heterocycles. The van der Waals surface area contributed by atoms with Gasteiger partial charge in [-0.15, -0.1) is 9.24 Å². The summed E-state index contributed by atoms with van der Waals surface area (Å²) in [5.74, 6) is -0.125. The van der Waals surface area contributed by atoms with Crippen LogP contribution in [-0.4, -0.2) is 35.7 Å². The number of halogens is 1. The molecule has 100 valence electrons. The Morgan fingerprint density at radius 2 is 2.22 bits per heavy atom. The van der Waals surface area contributed by atoms with Crippen LogP contribution in [0.3, 0.4) is 0 Å². The van der Waals surface area contributed by atoms with Gasteiger partial charge in [0.25, 0.3) is 0 Å². The maximum atomic E-state index is 13.7. The summed E-state index contributed by atoms with van der Waals surface area (Å²) < 4.78 is 13.7. The molecule has 1 N–H and O–H groups in total. The van der Waals surface area contributed by atoms with Crippen LogP contribution < -0.4 is 5.30 Å². The number of nitrogens with zero attached hydrogens (tertiary/aromatic N) is 1. The van der Waals surface area contributed by atoms with Gasteiger partial charge in [-0.05, 0) is 42.7 Å². The van der Waals surface area contributed by atoms with Crippen molar-refractivity contribution in [2.45, 2.75) is 31.7 Å². The molecular formula is C14H21FNOP. The smallest absolute Gasteiger partial charge is 0.127 e. The molecule has 0 amide bonds. The first-order valence-corrected chi connectivity index (χ1v) is 7.18. The van der Waals surface area contributed by atoms with Crippen LogP contribution in [0.1, 0.15) is 24.8 Å². The lowest BCUT2D eigenvalue weighted by atomic mass is 10.0. The molecule has 0 spiro atoms. The van der Waals surface area contributed by atoms with Crippen molar-refractivity contribution in [1.82, 2.24) is 4.90 Å². The Kier molecular flexibility index (Phi) is 5.11. The molecule has 1 aromatic rings. The van der Waals surface area contributed by atoms with E-state index in [2.05, 4.69) is 14.1 Å². The number of piperidine rings is 1. The molecule has 2 rings (SSSR count). The first-order chi connectivity index (χ1) is 8.72. The summed E-state index contributed by atoms with van der Waals surface area (Å²) in [4.78, 5) is 2.29. The van der Waals surface area contributed by atoms with E-state index in [1.165, 1.54) is 18.9 Å². The van der Waals surface area contributed by atoms with E-state index >= 15 is 0 Å². The molecule has 2 atom stereocenters. The molecular weight excluding hydrogens is 248 g/mol. The van der Waals surface area contributed by atoms with Crippen molar-refractivity contribution in [3.8, 4) is 0 Å². The molecule has 0 aromatic heterocycles. The van der Waals surface area contributed by atoms with Crippen LogP contribution in [-0.2, 0) is 6.42 Å². The van der Waals surface area contributed by atoms with Gasteiger partial charge >= 0.3 is 0 Å². The van der Waals surface area contributed by atoms with E-state index in [0.717, 1.165) is 30.4 Å². The highest BCUT2D eigenvalue weighted by Crippen LogP contribution is 2.17. The van der Waals surface area contributed by atoms with E-state index in [4.69, 9.17) is 0 Å². The minimum absolute atomic E-state index is 0.125. The predicted octanol–water partition coefficient (Wildman–Crippen LogP) is 1.72. The second-order valence-corrected chi connectivity index (χ2v) is 5.55. The van der Waals surface area contributed by atoms with Gasteiger partial charge in [0.05, 0.1) is 6.61 Å². The van der Waals surface area contributed by atoms with Crippen LogP contribution in [0.4, 0.5) is 4.39 Å². The number of hydrogen-bond acceptors (Lipinski definition) is 2. The predicted molar refractivity (Wildman–Crippen MR) is 75.7 cm³/mol. The van der Waals surface area contributed by atoms with Gasteiger partial charge in [0, 0.05) is 12.6 Å². The highest BCUT2D eigenvalue weighted by Gasteiger charge is 2.21. The van der Waals surface area contributed by atoms with Gasteiger partial charge in [-0.25, -0.2) is 4.39 Å². The topological polar surface area (TPSA) is 23.5 Å². The van der Waals surface area contributed by atoms with Gasteiger partial charge in [0.15, 0.2) is 0 Å². The molecule has 0 radical (unpaired) electrons. The number of aliphatic hydroxyl groups is 1. The second-order valence-electron chi connectivity index (χ2n) is 4.93. The summed E-state index contributed by atoms with van der Waals surface area (Å²) in [5.41, 5.74) is 0.782. The van der Waals surface area contributed by atoms with Gasteiger partial charge < -0.3 is 5.11 Å². The van der Waals surface area contributed by atoms with Gasteiger partial charge in [-0.3, -0.25) is 4.90 Å². The second kappa shape index (κ2) is 6.60. The van der Waals surface area contributed by atoms with E-state index in [0.29, 0.717) is 6.42 Å². The number of benzene rings is 1. The zero-order valence-corrected chi connectivity index (χ0v) is 11.8. The lowest BCUT2D eigenvalue weighted by Crippen LogP contribution is -2.43. The molecule has 18 heavy (non-hydrogen) atoms. The third-order valence-electron chi connectivity index (χ3n) is 3.76. The average molecular weight is 269 g/mol. The lowest BCUT2D eigenvalue weighted by molar-refractivity contribution is 0.0912. The third-order valence-corrected chi connectivity index (χ3v) is 4.30. The van der Waals surface area contributed by atoms with E-state index in [9.17, 15) is 9.50 Å². The first-order valence-electron chi connectivity index (χ1n) is 6.60. The molecule has 1 unspecified atom stereocenters. The molecule has 1 aromatic carbocycles. The largest absolute Gasteiger partial charge is 0.395 e. The monoisotopic (exact) mass is 269 g/mol.